The van der Waals surface area contributed by atoms with Crippen LogP contribution in [0.3, 0.4) is 0 Å². The summed E-state index contributed by atoms with van der Waals surface area (Å²) in [5.41, 5.74) is 1.96. The fourth-order valence-corrected chi connectivity index (χ4v) is 2.08. The molecule has 0 aliphatic rings. The van der Waals surface area contributed by atoms with Crippen molar-refractivity contribution in [3.63, 3.8) is 0 Å². The third-order valence-electron chi connectivity index (χ3n) is 2.98. The zero-order valence-electron chi connectivity index (χ0n) is 10.3. The largest absolute Gasteiger partial charge is 0.336 e. The fraction of sp³-hybridized carbons (Fsp3) is 0.308. The van der Waals surface area contributed by atoms with Crippen LogP contribution >= 0.6 is 11.6 Å². The molecule has 0 bridgehead atoms. The third kappa shape index (κ3) is 2.71. The topological polar surface area (TPSA) is 29.9 Å². The highest BCUT2D eigenvalue weighted by atomic mass is 35.5. The van der Waals surface area contributed by atoms with Crippen LogP contribution in [0.5, 0.6) is 0 Å². The Labute approximate surface area is 111 Å². The Morgan fingerprint density at radius 2 is 2.28 bits per heavy atom. The Kier molecular flexibility index (Phi) is 3.99. The first kappa shape index (κ1) is 13.1. The van der Waals surface area contributed by atoms with Gasteiger partial charge in [-0.3, -0.25) is 0 Å². The summed E-state index contributed by atoms with van der Waals surface area (Å²) in [7, 11) is 3.82. The van der Waals surface area contributed by atoms with Crippen molar-refractivity contribution in [2.45, 2.75) is 12.5 Å². The minimum Gasteiger partial charge on any atom is -0.336 e. The molecule has 2 rings (SSSR count). The lowest BCUT2D eigenvalue weighted by molar-refractivity contribution is 0.551. The molecule has 0 fully saturated rings. The third-order valence-corrected chi connectivity index (χ3v) is 3.29. The summed E-state index contributed by atoms with van der Waals surface area (Å²) in [6.45, 7) is 0. The van der Waals surface area contributed by atoms with E-state index in [0.717, 1.165) is 11.3 Å². The number of rotatable bonds is 4. The molecule has 1 unspecified atom stereocenters. The number of halogens is 2. The highest BCUT2D eigenvalue weighted by molar-refractivity contribution is 6.30. The van der Waals surface area contributed by atoms with Crippen molar-refractivity contribution in [3.8, 4) is 0 Å². The first-order chi connectivity index (χ1) is 8.61. The average Bonchev–Trinajstić information content (AvgIpc) is 2.77. The van der Waals surface area contributed by atoms with E-state index in [2.05, 4.69) is 10.3 Å². The molecule has 2 aromatic rings. The van der Waals surface area contributed by atoms with E-state index >= 15 is 0 Å². The number of benzene rings is 1. The molecule has 1 aromatic heterocycles. The zero-order chi connectivity index (χ0) is 13.1. The lowest BCUT2D eigenvalue weighted by Crippen LogP contribution is -2.21. The van der Waals surface area contributed by atoms with Gasteiger partial charge < -0.3 is 9.88 Å². The molecule has 0 radical (unpaired) electrons. The number of imidazole rings is 1. The number of hydrogen-bond donors (Lipinski definition) is 1. The van der Waals surface area contributed by atoms with Gasteiger partial charge in [0.1, 0.15) is 5.82 Å². The van der Waals surface area contributed by atoms with Crippen LogP contribution in [0.25, 0.3) is 0 Å². The molecule has 0 saturated heterocycles. The molecule has 96 valence electrons. The first-order valence-corrected chi connectivity index (χ1v) is 6.07. The SMILES string of the molecule is CNC(Cc1ccc(Cl)c(F)c1)c1cncn1C. The van der Waals surface area contributed by atoms with Gasteiger partial charge in [-0.1, -0.05) is 17.7 Å². The van der Waals surface area contributed by atoms with Crippen molar-refractivity contribution in [3.05, 3.63) is 52.8 Å². The monoisotopic (exact) mass is 267 g/mol. The molecular formula is C13H15ClFN3. The van der Waals surface area contributed by atoms with Crippen molar-refractivity contribution in [2.75, 3.05) is 7.05 Å². The summed E-state index contributed by atoms with van der Waals surface area (Å²) in [5, 5.41) is 3.36. The summed E-state index contributed by atoms with van der Waals surface area (Å²) in [6.07, 6.45) is 4.25. The van der Waals surface area contributed by atoms with Gasteiger partial charge in [0.15, 0.2) is 0 Å². The number of likely N-dealkylation sites (N-methyl/N-ethyl adjacent to an activating group) is 1. The summed E-state index contributed by atoms with van der Waals surface area (Å²) < 4.78 is 15.3. The van der Waals surface area contributed by atoms with E-state index < -0.39 is 0 Å². The Morgan fingerprint density at radius 3 is 2.83 bits per heavy atom. The maximum atomic E-state index is 13.4. The molecule has 0 saturated carbocycles. The smallest absolute Gasteiger partial charge is 0.142 e. The molecular weight excluding hydrogens is 253 g/mol. The minimum atomic E-state index is -0.381. The van der Waals surface area contributed by atoms with Crippen molar-refractivity contribution >= 4 is 11.6 Å². The van der Waals surface area contributed by atoms with E-state index in [1.807, 2.05) is 30.9 Å². The van der Waals surface area contributed by atoms with Gasteiger partial charge in [0.25, 0.3) is 0 Å². The van der Waals surface area contributed by atoms with Crippen LogP contribution in [-0.4, -0.2) is 16.6 Å². The lowest BCUT2D eigenvalue weighted by Gasteiger charge is -2.17. The van der Waals surface area contributed by atoms with Gasteiger partial charge >= 0.3 is 0 Å². The molecule has 18 heavy (non-hydrogen) atoms. The molecule has 3 nitrogen and oxygen atoms in total. The van der Waals surface area contributed by atoms with Crippen LogP contribution in [0.15, 0.2) is 30.7 Å². The molecule has 0 spiro atoms. The summed E-state index contributed by atoms with van der Waals surface area (Å²) in [6, 6.07) is 5.00. The maximum absolute atomic E-state index is 13.4. The van der Waals surface area contributed by atoms with Gasteiger partial charge in [0, 0.05) is 13.2 Å². The van der Waals surface area contributed by atoms with Crippen LogP contribution in [-0.2, 0) is 13.5 Å². The minimum absolute atomic E-state index is 0.0954. The molecule has 5 heteroatoms. The molecule has 0 aliphatic carbocycles. The van der Waals surface area contributed by atoms with E-state index in [4.69, 9.17) is 11.6 Å². The number of nitrogens with one attached hydrogen (secondary N) is 1. The molecule has 1 N–H and O–H groups in total. The Morgan fingerprint density at radius 1 is 1.50 bits per heavy atom. The summed E-state index contributed by atoms with van der Waals surface area (Å²) >= 11 is 5.67. The summed E-state index contributed by atoms with van der Waals surface area (Å²) in [4.78, 5) is 4.09. The second-order valence-electron chi connectivity index (χ2n) is 4.22. The van der Waals surface area contributed by atoms with E-state index in [0.29, 0.717) is 6.42 Å². The maximum Gasteiger partial charge on any atom is 0.142 e. The second kappa shape index (κ2) is 5.50. The molecule has 1 aromatic carbocycles. The van der Waals surface area contributed by atoms with Crippen molar-refractivity contribution < 1.29 is 4.39 Å². The van der Waals surface area contributed by atoms with E-state index in [-0.39, 0.29) is 16.9 Å². The number of hydrogen-bond acceptors (Lipinski definition) is 2. The Bertz CT molecular complexity index is 539. The molecule has 1 atom stereocenters. The van der Waals surface area contributed by atoms with Crippen LogP contribution in [0.2, 0.25) is 5.02 Å². The first-order valence-electron chi connectivity index (χ1n) is 5.69. The second-order valence-corrected chi connectivity index (χ2v) is 4.63. The van der Waals surface area contributed by atoms with Gasteiger partial charge in [-0.25, -0.2) is 9.37 Å². The van der Waals surface area contributed by atoms with Crippen LogP contribution < -0.4 is 5.32 Å². The average molecular weight is 268 g/mol. The van der Waals surface area contributed by atoms with Crippen LogP contribution in [0.1, 0.15) is 17.3 Å². The number of nitrogens with zero attached hydrogens (tertiary/aromatic N) is 2. The standard InChI is InChI=1S/C13H15ClFN3/c1-16-12(13-7-17-8-18(13)2)6-9-3-4-10(14)11(15)5-9/h3-5,7-8,12,16H,6H2,1-2H3. The van der Waals surface area contributed by atoms with Gasteiger partial charge in [-0.05, 0) is 31.2 Å². The van der Waals surface area contributed by atoms with E-state index in [1.165, 1.54) is 6.07 Å². The zero-order valence-corrected chi connectivity index (χ0v) is 11.1. The van der Waals surface area contributed by atoms with Crippen molar-refractivity contribution in [2.24, 2.45) is 7.05 Å². The number of aryl methyl sites for hydroxylation is 1. The van der Waals surface area contributed by atoms with Crippen LogP contribution in [0.4, 0.5) is 4.39 Å². The molecule has 1 heterocycles. The quantitative estimate of drug-likeness (QED) is 0.923. The van der Waals surface area contributed by atoms with Gasteiger partial charge in [0.2, 0.25) is 0 Å². The molecule has 0 aliphatic heterocycles. The Balaban J connectivity index is 2.20. The highest BCUT2D eigenvalue weighted by Crippen LogP contribution is 2.21. The van der Waals surface area contributed by atoms with Gasteiger partial charge in [-0.15, -0.1) is 0 Å². The van der Waals surface area contributed by atoms with E-state index in [9.17, 15) is 4.39 Å². The normalized spacial score (nSPS) is 12.7. The van der Waals surface area contributed by atoms with Gasteiger partial charge in [0.05, 0.1) is 23.1 Å². The highest BCUT2D eigenvalue weighted by Gasteiger charge is 2.14. The predicted molar refractivity (Wildman–Crippen MR) is 70.1 cm³/mol. The predicted octanol–water partition coefficient (Wildman–Crippen LogP) is 2.72. The van der Waals surface area contributed by atoms with E-state index in [1.54, 1.807) is 12.4 Å². The van der Waals surface area contributed by atoms with Crippen LogP contribution in [0, 0.1) is 5.82 Å². The molecule has 0 amide bonds. The number of aromatic nitrogens is 2. The van der Waals surface area contributed by atoms with Crippen molar-refractivity contribution in [1.29, 1.82) is 0 Å². The fourth-order valence-electron chi connectivity index (χ4n) is 1.96. The Hall–Kier alpha value is -1.39. The summed E-state index contributed by atoms with van der Waals surface area (Å²) in [5.74, 6) is -0.381. The lowest BCUT2D eigenvalue weighted by atomic mass is 10.0. The van der Waals surface area contributed by atoms with Crippen molar-refractivity contribution in [1.82, 2.24) is 14.9 Å². The van der Waals surface area contributed by atoms with Gasteiger partial charge in [-0.2, -0.15) is 0 Å².